The van der Waals surface area contributed by atoms with Crippen molar-refractivity contribution in [1.82, 2.24) is 0 Å². The topological polar surface area (TPSA) is 46.5 Å². The molecule has 0 spiro atoms. The number of carboxylic acid groups (broad SMARTS) is 1. The van der Waals surface area contributed by atoms with E-state index in [2.05, 4.69) is 4.74 Å². The maximum atomic E-state index is 14.4. The number of ether oxygens (including phenoxy) is 1. The van der Waals surface area contributed by atoms with E-state index in [1.807, 2.05) is 13.8 Å². The molecule has 1 N–H and O–H groups in total. The molecule has 198 valence electrons. The van der Waals surface area contributed by atoms with Crippen LogP contribution in [0.15, 0.2) is 60.7 Å². The average Bonchev–Trinajstić information content (AvgIpc) is 2.81. The molecule has 0 aliphatic heterocycles. The first-order chi connectivity index (χ1) is 17.2. The van der Waals surface area contributed by atoms with Gasteiger partial charge in [0.2, 0.25) is 0 Å². The van der Waals surface area contributed by atoms with Gasteiger partial charge in [0, 0.05) is 0 Å². The summed E-state index contributed by atoms with van der Waals surface area (Å²) in [6.07, 6.45) is -8.66. The van der Waals surface area contributed by atoms with E-state index in [-0.39, 0.29) is 23.5 Å². The molecule has 2 unspecified atom stereocenters. The van der Waals surface area contributed by atoms with Crippen molar-refractivity contribution in [2.45, 2.75) is 45.1 Å². The number of hydrogen-bond donors (Lipinski definition) is 1. The van der Waals surface area contributed by atoms with Crippen LogP contribution in [0.4, 0.5) is 30.7 Å². The molecule has 0 saturated carbocycles. The number of hydrogen-bond acceptors (Lipinski definition) is 2. The average molecular weight is 528 g/mol. The van der Waals surface area contributed by atoms with Crippen LogP contribution in [-0.2, 0) is 11.0 Å². The standard InChI is InChI=1S/C27H23F7O3/c1-3-15(2)10-22(25(35)36)20-12-18(16-4-7-21(8-5-16)26(29,30)31)11-19(13-20)17-6-9-24(23(28)14-17)37-27(32,33)34/h4-9,11-15,22H,3,10H2,1-2H3,(H,35,36). The Hall–Kier alpha value is -3.56. The molecule has 0 aromatic heterocycles. The zero-order valence-electron chi connectivity index (χ0n) is 19.8. The fourth-order valence-electron chi connectivity index (χ4n) is 3.87. The predicted octanol–water partition coefficient (Wildman–Crippen LogP) is 8.68. The van der Waals surface area contributed by atoms with E-state index in [0.717, 1.165) is 24.3 Å². The van der Waals surface area contributed by atoms with Crippen LogP contribution in [0.5, 0.6) is 5.75 Å². The molecule has 2 atom stereocenters. The van der Waals surface area contributed by atoms with Crippen LogP contribution >= 0.6 is 0 Å². The van der Waals surface area contributed by atoms with Gasteiger partial charge in [-0.2, -0.15) is 13.2 Å². The lowest BCUT2D eigenvalue weighted by Crippen LogP contribution is -2.17. The molecule has 0 heterocycles. The molecule has 0 aliphatic carbocycles. The summed E-state index contributed by atoms with van der Waals surface area (Å²) < 4.78 is 94.7. The zero-order valence-corrected chi connectivity index (χ0v) is 19.8. The highest BCUT2D eigenvalue weighted by atomic mass is 19.4. The molecule has 0 fully saturated rings. The van der Waals surface area contributed by atoms with Gasteiger partial charge in [-0.15, -0.1) is 13.2 Å². The minimum atomic E-state index is -5.09. The Kier molecular flexibility index (Phi) is 8.19. The molecule has 0 saturated heterocycles. The third-order valence-corrected chi connectivity index (χ3v) is 6.03. The Morgan fingerprint density at radius 3 is 1.92 bits per heavy atom. The normalized spacial score (nSPS) is 13.8. The SMILES string of the molecule is CCC(C)CC(C(=O)O)c1cc(-c2ccc(C(F)(F)F)cc2)cc(-c2ccc(OC(F)(F)F)c(F)c2)c1. The van der Waals surface area contributed by atoms with Gasteiger partial charge in [0.05, 0.1) is 11.5 Å². The number of halogens is 7. The third-order valence-electron chi connectivity index (χ3n) is 6.03. The summed E-state index contributed by atoms with van der Waals surface area (Å²) in [5.74, 6) is -4.37. The van der Waals surface area contributed by atoms with E-state index in [1.165, 1.54) is 30.3 Å². The molecule has 37 heavy (non-hydrogen) atoms. The lowest BCUT2D eigenvalue weighted by atomic mass is 9.85. The molecule has 0 amide bonds. The van der Waals surface area contributed by atoms with Crippen molar-refractivity contribution in [3.8, 4) is 28.0 Å². The van der Waals surface area contributed by atoms with Gasteiger partial charge in [0.15, 0.2) is 11.6 Å². The number of rotatable bonds is 8. The van der Waals surface area contributed by atoms with Crippen LogP contribution in [-0.4, -0.2) is 17.4 Å². The molecular weight excluding hydrogens is 505 g/mol. The Labute approximate surface area is 208 Å². The van der Waals surface area contributed by atoms with Gasteiger partial charge in [0.25, 0.3) is 0 Å². The molecule has 10 heteroatoms. The smallest absolute Gasteiger partial charge is 0.481 e. The molecule has 3 aromatic rings. The molecule has 0 radical (unpaired) electrons. The second-order valence-electron chi connectivity index (χ2n) is 8.75. The molecular formula is C27H23F7O3. The Morgan fingerprint density at radius 2 is 1.43 bits per heavy atom. The number of benzene rings is 3. The van der Waals surface area contributed by atoms with E-state index in [0.29, 0.717) is 23.1 Å². The monoisotopic (exact) mass is 528 g/mol. The van der Waals surface area contributed by atoms with Gasteiger partial charge in [-0.3, -0.25) is 4.79 Å². The van der Waals surface area contributed by atoms with Crippen LogP contribution in [0.2, 0.25) is 0 Å². The fourth-order valence-corrected chi connectivity index (χ4v) is 3.87. The van der Waals surface area contributed by atoms with E-state index in [9.17, 15) is 40.6 Å². The zero-order chi connectivity index (χ0) is 27.5. The summed E-state index contributed by atoms with van der Waals surface area (Å²) in [6.45, 7) is 3.78. The molecule has 0 aliphatic rings. The van der Waals surface area contributed by atoms with Gasteiger partial charge < -0.3 is 9.84 Å². The summed E-state index contributed by atoms with van der Waals surface area (Å²) in [5, 5.41) is 9.90. The second kappa shape index (κ2) is 10.8. The first-order valence-corrected chi connectivity index (χ1v) is 11.3. The van der Waals surface area contributed by atoms with E-state index < -0.39 is 41.6 Å². The van der Waals surface area contributed by atoms with Gasteiger partial charge in [-0.05, 0) is 70.5 Å². The van der Waals surface area contributed by atoms with Gasteiger partial charge in [-0.1, -0.05) is 50.6 Å². The Balaban J connectivity index is 2.15. The predicted molar refractivity (Wildman–Crippen MR) is 123 cm³/mol. The quantitative estimate of drug-likeness (QED) is 0.298. The molecule has 3 nitrogen and oxygen atoms in total. The maximum absolute atomic E-state index is 14.4. The first-order valence-electron chi connectivity index (χ1n) is 11.3. The van der Waals surface area contributed by atoms with Crippen molar-refractivity contribution < 1.29 is 45.4 Å². The minimum Gasteiger partial charge on any atom is -0.481 e. The van der Waals surface area contributed by atoms with Crippen molar-refractivity contribution >= 4 is 5.97 Å². The van der Waals surface area contributed by atoms with Crippen LogP contribution in [0, 0.1) is 11.7 Å². The molecule has 3 rings (SSSR count). The Morgan fingerprint density at radius 1 is 0.865 bits per heavy atom. The van der Waals surface area contributed by atoms with E-state index in [4.69, 9.17) is 0 Å². The van der Waals surface area contributed by atoms with Crippen molar-refractivity contribution in [3.63, 3.8) is 0 Å². The summed E-state index contributed by atoms with van der Waals surface area (Å²) in [6, 6.07) is 11.6. The second-order valence-corrected chi connectivity index (χ2v) is 8.75. The van der Waals surface area contributed by atoms with E-state index >= 15 is 0 Å². The van der Waals surface area contributed by atoms with Crippen LogP contribution in [0.25, 0.3) is 22.3 Å². The van der Waals surface area contributed by atoms with Crippen LogP contribution in [0.1, 0.15) is 43.7 Å². The van der Waals surface area contributed by atoms with Crippen molar-refractivity contribution in [2.75, 3.05) is 0 Å². The number of aliphatic carboxylic acids is 1. The van der Waals surface area contributed by atoms with Gasteiger partial charge in [-0.25, -0.2) is 4.39 Å². The highest BCUT2D eigenvalue weighted by Gasteiger charge is 2.33. The minimum absolute atomic E-state index is 0.0375. The van der Waals surface area contributed by atoms with Crippen LogP contribution < -0.4 is 4.74 Å². The summed E-state index contributed by atoms with van der Waals surface area (Å²) in [4.78, 5) is 12.1. The lowest BCUT2D eigenvalue weighted by Gasteiger charge is -2.19. The van der Waals surface area contributed by atoms with Gasteiger partial charge in [0.1, 0.15) is 0 Å². The van der Waals surface area contributed by atoms with Crippen molar-refractivity contribution in [3.05, 3.63) is 77.6 Å². The summed E-state index contributed by atoms with van der Waals surface area (Å²) in [5.41, 5.74) is 0.593. The Bertz CT molecular complexity index is 1250. The van der Waals surface area contributed by atoms with Crippen molar-refractivity contribution in [1.29, 1.82) is 0 Å². The summed E-state index contributed by atoms with van der Waals surface area (Å²) in [7, 11) is 0. The molecule has 0 bridgehead atoms. The highest BCUT2D eigenvalue weighted by molar-refractivity contribution is 5.80. The maximum Gasteiger partial charge on any atom is 0.573 e. The van der Waals surface area contributed by atoms with Crippen molar-refractivity contribution in [2.24, 2.45) is 5.92 Å². The number of carbonyl (C=O) groups is 1. The third kappa shape index (κ3) is 7.24. The highest BCUT2D eigenvalue weighted by Crippen LogP contribution is 2.37. The number of alkyl halides is 6. The van der Waals surface area contributed by atoms with Gasteiger partial charge >= 0.3 is 18.5 Å². The van der Waals surface area contributed by atoms with E-state index in [1.54, 1.807) is 6.07 Å². The summed E-state index contributed by atoms with van der Waals surface area (Å²) >= 11 is 0. The number of carboxylic acids is 1. The largest absolute Gasteiger partial charge is 0.573 e. The van der Waals surface area contributed by atoms with Crippen LogP contribution in [0.3, 0.4) is 0 Å². The first kappa shape index (κ1) is 28.0. The fraction of sp³-hybridized carbons (Fsp3) is 0.296. The lowest BCUT2D eigenvalue weighted by molar-refractivity contribution is -0.275. The molecule has 3 aromatic carbocycles.